The Morgan fingerprint density at radius 1 is 1.05 bits per heavy atom. The molecular formula is C27H27N7O3. The first-order chi connectivity index (χ1) is 18.0. The Hall–Kier alpha value is -4.57. The maximum absolute atomic E-state index is 13.2. The Kier molecular flexibility index (Phi) is 6.41. The third-order valence-corrected chi connectivity index (χ3v) is 6.29. The Labute approximate surface area is 213 Å². The molecule has 0 aliphatic carbocycles. The number of ether oxygens (including phenoxy) is 1. The third-order valence-electron chi connectivity index (χ3n) is 6.29. The molecule has 0 radical (unpaired) electrons. The lowest BCUT2D eigenvalue weighted by molar-refractivity contribution is 0.102. The van der Waals surface area contributed by atoms with E-state index in [0.29, 0.717) is 41.1 Å². The average Bonchev–Trinajstić information content (AvgIpc) is 3.56. The highest BCUT2D eigenvalue weighted by molar-refractivity contribution is 6.06. The summed E-state index contributed by atoms with van der Waals surface area (Å²) in [5.41, 5.74) is 1.61. The van der Waals surface area contributed by atoms with Crippen molar-refractivity contribution < 1.29 is 14.6 Å². The molecule has 4 aromatic heterocycles. The molecular weight excluding hydrogens is 470 g/mol. The molecule has 5 rings (SSSR count). The largest absolute Gasteiger partial charge is 0.480 e. The molecule has 1 atom stereocenters. The van der Waals surface area contributed by atoms with Crippen LogP contribution in [-0.4, -0.2) is 47.4 Å². The number of carbonyl (C=O) groups is 1. The highest BCUT2D eigenvalue weighted by Crippen LogP contribution is 2.39. The highest BCUT2D eigenvalue weighted by Gasteiger charge is 2.39. The van der Waals surface area contributed by atoms with Crippen molar-refractivity contribution in [1.82, 2.24) is 29.3 Å². The van der Waals surface area contributed by atoms with Gasteiger partial charge in [0.2, 0.25) is 11.8 Å². The van der Waals surface area contributed by atoms with Crippen molar-refractivity contribution in [3.63, 3.8) is 0 Å². The fourth-order valence-electron chi connectivity index (χ4n) is 4.47. The normalized spacial score (nSPS) is 12.9. The number of anilines is 1. The van der Waals surface area contributed by atoms with Crippen LogP contribution in [0.25, 0.3) is 11.0 Å². The van der Waals surface area contributed by atoms with E-state index in [1.54, 1.807) is 35.4 Å². The first-order valence-electron chi connectivity index (χ1n) is 12.0. The molecule has 10 heteroatoms. The summed E-state index contributed by atoms with van der Waals surface area (Å²) in [6.07, 6.45) is 3.20. The standard InChI is InChI=1S/C27H27N7O3/c1-4-33-17-29-26(32-33)31-24(35)19-15-21-20(30-25(19)37-3)16-23(34(21)5-2)27(36,18-11-7-6-8-12-18)22-13-9-10-14-28-22/h6-17,36H,4-5H2,1-3H3,(H,31,32,35). The fourth-order valence-corrected chi connectivity index (χ4v) is 4.47. The number of hydrogen-bond acceptors (Lipinski definition) is 7. The second kappa shape index (κ2) is 9.82. The monoisotopic (exact) mass is 497 g/mol. The molecule has 2 N–H and O–H groups in total. The molecule has 5 aromatic rings. The predicted octanol–water partition coefficient (Wildman–Crippen LogP) is 3.61. The van der Waals surface area contributed by atoms with Crippen LogP contribution in [0.15, 0.2) is 73.2 Å². The van der Waals surface area contributed by atoms with E-state index in [9.17, 15) is 9.90 Å². The Morgan fingerprint density at radius 3 is 2.49 bits per heavy atom. The van der Waals surface area contributed by atoms with Gasteiger partial charge in [-0.1, -0.05) is 36.4 Å². The quantitative estimate of drug-likeness (QED) is 0.336. The van der Waals surface area contributed by atoms with E-state index in [2.05, 4.69) is 25.4 Å². The molecule has 0 spiro atoms. The highest BCUT2D eigenvalue weighted by atomic mass is 16.5. The van der Waals surface area contributed by atoms with Gasteiger partial charge >= 0.3 is 0 Å². The number of nitrogens with zero attached hydrogens (tertiary/aromatic N) is 6. The first kappa shape index (κ1) is 24.1. The topological polar surface area (TPSA) is 120 Å². The average molecular weight is 498 g/mol. The summed E-state index contributed by atoms with van der Waals surface area (Å²) in [4.78, 5) is 26.4. The summed E-state index contributed by atoms with van der Waals surface area (Å²) in [6, 6.07) is 18.3. The van der Waals surface area contributed by atoms with Crippen molar-refractivity contribution in [2.45, 2.75) is 32.5 Å². The maximum Gasteiger partial charge on any atom is 0.263 e. The zero-order valence-corrected chi connectivity index (χ0v) is 20.8. The lowest BCUT2D eigenvalue weighted by atomic mass is 9.86. The van der Waals surface area contributed by atoms with Crippen LogP contribution in [0.2, 0.25) is 0 Å². The number of aliphatic hydroxyl groups is 1. The Balaban J connectivity index is 1.68. The number of rotatable bonds is 8. The van der Waals surface area contributed by atoms with Crippen molar-refractivity contribution >= 4 is 22.9 Å². The lowest BCUT2D eigenvalue weighted by Gasteiger charge is -2.29. The number of hydrogen-bond donors (Lipinski definition) is 2. The molecule has 0 bridgehead atoms. The van der Waals surface area contributed by atoms with Crippen LogP contribution in [0.1, 0.15) is 41.2 Å². The molecule has 0 fully saturated rings. The molecule has 37 heavy (non-hydrogen) atoms. The summed E-state index contributed by atoms with van der Waals surface area (Å²) in [5.74, 6) is -0.108. The molecule has 1 amide bonds. The molecule has 0 aliphatic rings. The van der Waals surface area contributed by atoms with Crippen molar-refractivity contribution in [3.8, 4) is 5.88 Å². The van der Waals surface area contributed by atoms with E-state index in [-0.39, 0.29) is 17.4 Å². The van der Waals surface area contributed by atoms with Crippen LogP contribution in [0.3, 0.4) is 0 Å². The van der Waals surface area contributed by atoms with Gasteiger partial charge in [0.15, 0.2) is 5.60 Å². The van der Waals surface area contributed by atoms with Crippen LogP contribution in [0.5, 0.6) is 5.88 Å². The molecule has 4 heterocycles. The minimum Gasteiger partial charge on any atom is -0.480 e. The van der Waals surface area contributed by atoms with Gasteiger partial charge in [0.1, 0.15) is 11.9 Å². The van der Waals surface area contributed by atoms with Gasteiger partial charge in [-0.2, -0.15) is 0 Å². The summed E-state index contributed by atoms with van der Waals surface area (Å²) >= 11 is 0. The second-order valence-electron chi connectivity index (χ2n) is 8.39. The zero-order chi connectivity index (χ0) is 26.0. The van der Waals surface area contributed by atoms with E-state index in [0.717, 1.165) is 0 Å². The van der Waals surface area contributed by atoms with Gasteiger partial charge in [0.05, 0.1) is 29.5 Å². The Morgan fingerprint density at radius 2 is 1.84 bits per heavy atom. The summed E-state index contributed by atoms with van der Waals surface area (Å²) in [6.45, 7) is 5.04. The van der Waals surface area contributed by atoms with Gasteiger partial charge in [0, 0.05) is 19.3 Å². The minimum absolute atomic E-state index is 0.154. The summed E-state index contributed by atoms with van der Waals surface area (Å²) in [5, 5.41) is 19.2. The van der Waals surface area contributed by atoms with Crippen LogP contribution in [0, 0.1) is 0 Å². The van der Waals surface area contributed by atoms with Gasteiger partial charge in [-0.25, -0.2) is 9.97 Å². The van der Waals surface area contributed by atoms with E-state index in [1.807, 2.05) is 60.9 Å². The number of pyridine rings is 2. The summed E-state index contributed by atoms with van der Waals surface area (Å²) < 4.78 is 9.02. The molecule has 1 unspecified atom stereocenters. The van der Waals surface area contributed by atoms with Crippen molar-refractivity contribution in [2.24, 2.45) is 0 Å². The van der Waals surface area contributed by atoms with Gasteiger partial charge < -0.3 is 14.4 Å². The minimum atomic E-state index is -1.56. The number of amides is 1. The third kappa shape index (κ3) is 4.21. The molecule has 0 saturated carbocycles. The number of nitrogens with one attached hydrogen (secondary N) is 1. The lowest BCUT2D eigenvalue weighted by Crippen LogP contribution is -2.32. The molecule has 188 valence electrons. The molecule has 0 aliphatic heterocycles. The number of benzene rings is 1. The van der Waals surface area contributed by atoms with Gasteiger partial charge in [0.25, 0.3) is 5.91 Å². The number of carbonyl (C=O) groups excluding carboxylic acids is 1. The number of methoxy groups -OCH3 is 1. The molecule has 10 nitrogen and oxygen atoms in total. The van der Waals surface area contributed by atoms with E-state index < -0.39 is 11.5 Å². The van der Waals surface area contributed by atoms with Crippen LogP contribution in [-0.2, 0) is 18.7 Å². The second-order valence-corrected chi connectivity index (χ2v) is 8.39. The van der Waals surface area contributed by atoms with E-state index >= 15 is 0 Å². The first-order valence-corrected chi connectivity index (χ1v) is 12.0. The number of aryl methyl sites for hydroxylation is 2. The Bertz CT molecular complexity index is 1510. The molecule has 1 aromatic carbocycles. The van der Waals surface area contributed by atoms with Crippen LogP contribution < -0.4 is 10.1 Å². The smallest absolute Gasteiger partial charge is 0.263 e. The molecule has 0 saturated heterocycles. The van der Waals surface area contributed by atoms with E-state index in [1.165, 1.54) is 7.11 Å². The van der Waals surface area contributed by atoms with Crippen LogP contribution >= 0.6 is 0 Å². The number of fused-ring (bicyclic) bond motifs is 1. The fraction of sp³-hybridized carbons (Fsp3) is 0.222. The van der Waals surface area contributed by atoms with Crippen molar-refractivity contribution in [2.75, 3.05) is 12.4 Å². The SMILES string of the molecule is CCn1cnc(NC(=O)c2cc3c(cc(C(O)(c4ccccc4)c4ccccn4)n3CC)nc2OC)n1. The van der Waals surface area contributed by atoms with E-state index in [4.69, 9.17) is 4.74 Å². The van der Waals surface area contributed by atoms with Crippen molar-refractivity contribution in [1.29, 1.82) is 0 Å². The van der Waals surface area contributed by atoms with Gasteiger partial charge in [-0.15, -0.1) is 5.10 Å². The van der Waals surface area contributed by atoms with Gasteiger partial charge in [-0.3, -0.25) is 19.8 Å². The predicted molar refractivity (Wildman–Crippen MR) is 138 cm³/mol. The maximum atomic E-state index is 13.2. The van der Waals surface area contributed by atoms with Crippen molar-refractivity contribution in [3.05, 3.63) is 95.7 Å². The zero-order valence-electron chi connectivity index (χ0n) is 20.8. The summed E-state index contributed by atoms with van der Waals surface area (Å²) in [7, 11) is 1.46. The van der Waals surface area contributed by atoms with Gasteiger partial charge in [-0.05, 0) is 43.7 Å². The number of aromatic nitrogens is 6. The van der Waals surface area contributed by atoms with Crippen LogP contribution in [0.4, 0.5) is 5.95 Å².